The van der Waals surface area contributed by atoms with Gasteiger partial charge < -0.3 is 5.73 Å². The van der Waals surface area contributed by atoms with Crippen LogP contribution in [0.2, 0.25) is 0 Å². The number of rotatable bonds is 2. The van der Waals surface area contributed by atoms with E-state index in [0.29, 0.717) is 11.6 Å². The molecule has 6 heteroatoms. The number of hydrogen-bond donors (Lipinski definition) is 1. The third-order valence-corrected chi connectivity index (χ3v) is 3.80. The topological polar surface area (TPSA) is 86.7 Å². The molecular weight excluding hydrogens is 266 g/mol. The lowest BCUT2D eigenvalue weighted by Gasteiger charge is -2.11. The van der Waals surface area contributed by atoms with Gasteiger partial charge in [0.25, 0.3) is 0 Å². The predicted molar refractivity (Wildman–Crippen MR) is 79.3 cm³/mol. The van der Waals surface area contributed by atoms with Crippen molar-refractivity contribution >= 4 is 16.7 Å². The lowest BCUT2D eigenvalue weighted by molar-refractivity contribution is 0.939. The maximum atomic E-state index is 12.3. The van der Waals surface area contributed by atoms with E-state index in [9.17, 15) is 4.79 Å². The van der Waals surface area contributed by atoms with Crippen LogP contribution in [0, 0.1) is 0 Å². The lowest BCUT2D eigenvalue weighted by Crippen LogP contribution is -2.23. The molecule has 0 atom stereocenters. The maximum absolute atomic E-state index is 12.3. The Morgan fingerprint density at radius 1 is 1.19 bits per heavy atom. The Morgan fingerprint density at radius 3 is 2.67 bits per heavy atom. The van der Waals surface area contributed by atoms with Crippen LogP contribution in [0.5, 0.6) is 0 Å². The SMILES string of the molecule is Nc1nc(=O)n(-c2cncnc2)c2cc(C3CC3)ccc12. The summed E-state index contributed by atoms with van der Waals surface area (Å²) in [5.41, 5.74) is 8.06. The molecule has 1 saturated carbocycles. The quantitative estimate of drug-likeness (QED) is 0.770. The molecule has 0 spiro atoms. The summed E-state index contributed by atoms with van der Waals surface area (Å²) in [6, 6.07) is 6.03. The molecule has 1 fully saturated rings. The van der Waals surface area contributed by atoms with Crippen LogP contribution in [0.4, 0.5) is 5.82 Å². The summed E-state index contributed by atoms with van der Waals surface area (Å²) in [5.74, 6) is 0.852. The Bertz CT molecular complexity index is 884. The molecule has 21 heavy (non-hydrogen) atoms. The van der Waals surface area contributed by atoms with Gasteiger partial charge in [0.05, 0.1) is 23.6 Å². The molecule has 1 aliphatic carbocycles. The Labute approximate surface area is 120 Å². The molecule has 0 unspecified atom stereocenters. The van der Waals surface area contributed by atoms with Gasteiger partial charge in [-0.05, 0) is 36.5 Å². The largest absolute Gasteiger partial charge is 0.383 e. The van der Waals surface area contributed by atoms with Gasteiger partial charge in [-0.1, -0.05) is 6.07 Å². The van der Waals surface area contributed by atoms with E-state index in [1.807, 2.05) is 12.1 Å². The third kappa shape index (κ3) is 1.96. The van der Waals surface area contributed by atoms with Crippen LogP contribution < -0.4 is 11.4 Å². The molecule has 1 aliphatic rings. The highest BCUT2D eigenvalue weighted by atomic mass is 16.1. The summed E-state index contributed by atoms with van der Waals surface area (Å²) < 4.78 is 1.51. The number of hydrogen-bond acceptors (Lipinski definition) is 5. The molecule has 0 amide bonds. The molecule has 0 radical (unpaired) electrons. The minimum absolute atomic E-state index is 0.255. The van der Waals surface area contributed by atoms with Crippen molar-refractivity contribution in [2.75, 3.05) is 5.73 Å². The monoisotopic (exact) mass is 279 g/mol. The molecule has 3 aromatic rings. The molecule has 2 N–H and O–H groups in total. The number of nitrogen functional groups attached to an aromatic ring is 1. The van der Waals surface area contributed by atoms with Crippen molar-refractivity contribution in [2.45, 2.75) is 18.8 Å². The maximum Gasteiger partial charge on any atom is 0.354 e. The van der Waals surface area contributed by atoms with Gasteiger partial charge >= 0.3 is 5.69 Å². The minimum atomic E-state index is -0.414. The zero-order chi connectivity index (χ0) is 14.4. The number of nitrogens with two attached hydrogens (primary N) is 1. The predicted octanol–water partition coefficient (Wildman–Crippen LogP) is 1.64. The van der Waals surface area contributed by atoms with E-state index in [1.54, 1.807) is 12.4 Å². The van der Waals surface area contributed by atoms with Crippen molar-refractivity contribution in [1.29, 1.82) is 0 Å². The first-order chi connectivity index (χ1) is 10.2. The molecule has 104 valence electrons. The van der Waals surface area contributed by atoms with Crippen molar-refractivity contribution in [1.82, 2.24) is 19.5 Å². The molecule has 0 saturated heterocycles. The van der Waals surface area contributed by atoms with Crippen molar-refractivity contribution in [2.24, 2.45) is 0 Å². The van der Waals surface area contributed by atoms with Gasteiger partial charge in [0.1, 0.15) is 12.1 Å². The number of fused-ring (bicyclic) bond motifs is 1. The van der Waals surface area contributed by atoms with Crippen molar-refractivity contribution in [3.8, 4) is 5.69 Å². The second-order valence-corrected chi connectivity index (χ2v) is 5.26. The number of anilines is 1. The highest BCUT2D eigenvalue weighted by Crippen LogP contribution is 2.41. The third-order valence-electron chi connectivity index (χ3n) is 3.80. The average molecular weight is 279 g/mol. The van der Waals surface area contributed by atoms with Gasteiger partial charge in [0, 0.05) is 5.39 Å². The van der Waals surface area contributed by atoms with E-state index in [4.69, 9.17) is 5.73 Å². The molecule has 4 rings (SSSR count). The van der Waals surface area contributed by atoms with Gasteiger partial charge in [-0.2, -0.15) is 4.98 Å². The molecule has 0 bridgehead atoms. The molecule has 2 aromatic heterocycles. The summed E-state index contributed by atoms with van der Waals surface area (Å²) in [4.78, 5) is 24.1. The second kappa shape index (κ2) is 4.37. The lowest BCUT2D eigenvalue weighted by atomic mass is 10.1. The zero-order valence-corrected chi connectivity index (χ0v) is 11.2. The van der Waals surface area contributed by atoms with Crippen LogP contribution in [-0.2, 0) is 0 Å². The fraction of sp³-hybridized carbons (Fsp3) is 0.200. The zero-order valence-electron chi connectivity index (χ0n) is 11.2. The van der Waals surface area contributed by atoms with Crippen LogP contribution in [0.15, 0.2) is 41.7 Å². The van der Waals surface area contributed by atoms with Gasteiger partial charge in [-0.25, -0.2) is 14.8 Å². The standard InChI is InChI=1S/C15H13N5O/c16-14-12-4-3-10(9-1-2-9)5-13(12)20(15(21)19-14)11-6-17-8-18-7-11/h3-9H,1-2H2,(H2,16,19,21). The van der Waals surface area contributed by atoms with Gasteiger partial charge in [-0.3, -0.25) is 4.57 Å². The average Bonchev–Trinajstić information content (AvgIpc) is 3.32. The number of benzene rings is 1. The Balaban J connectivity index is 2.08. The first-order valence-corrected chi connectivity index (χ1v) is 6.81. The highest BCUT2D eigenvalue weighted by molar-refractivity contribution is 5.89. The van der Waals surface area contributed by atoms with Crippen LogP contribution in [0.3, 0.4) is 0 Å². The summed E-state index contributed by atoms with van der Waals surface area (Å²) >= 11 is 0. The van der Waals surface area contributed by atoms with E-state index in [0.717, 1.165) is 10.9 Å². The van der Waals surface area contributed by atoms with Crippen molar-refractivity contribution in [3.63, 3.8) is 0 Å². The van der Waals surface area contributed by atoms with E-state index in [-0.39, 0.29) is 5.82 Å². The number of aromatic nitrogens is 4. The van der Waals surface area contributed by atoms with Crippen molar-refractivity contribution in [3.05, 3.63) is 53.0 Å². The summed E-state index contributed by atoms with van der Waals surface area (Å²) in [6.45, 7) is 0. The van der Waals surface area contributed by atoms with E-state index in [1.165, 1.54) is 29.3 Å². The van der Waals surface area contributed by atoms with E-state index in [2.05, 4.69) is 21.0 Å². The summed E-state index contributed by atoms with van der Waals surface area (Å²) in [7, 11) is 0. The Hall–Kier alpha value is -2.76. The number of nitrogens with zero attached hydrogens (tertiary/aromatic N) is 4. The summed E-state index contributed by atoms with van der Waals surface area (Å²) in [5, 5.41) is 0.767. The van der Waals surface area contributed by atoms with Crippen LogP contribution >= 0.6 is 0 Å². The molecule has 6 nitrogen and oxygen atoms in total. The first kappa shape index (κ1) is 12.0. The molecular formula is C15H13N5O. The van der Waals surface area contributed by atoms with Gasteiger partial charge in [0.2, 0.25) is 0 Å². The second-order valence-electron chi connectivity index (χ2n) is 5.26. The van der Waals surface area contributed by atoms with Crippen LogP contribution in [0.25, 0.3) is 16.6 Å². The Morgan fingerprint density at radius 2 is 1.95 bits per heavy atom. The van der Waals surface area contributed by atoms with Crippen LogP contribution in [-0.4, -0.2) is 19.5 Å². The molecule has 1 aromatic carbocycles. The normalized spacial score (nSPS) is 14.5. The van der Waals surface area contributed by atoms with E-state index >= 15 is 0 Å². The molecule has 0 aliphatic heterocycles. The van der Waals surface area contributed by atoms with Gasteiger partial charge in [-0.15, -0.1) is 0 Å². The summed E-state index contributed by atoms with van der Waals surface area (Å²) in [6.07, 6.45) is 7.01. The van der Waals surface area contributed by atoms with Crippen LogP contribution in [0.1, 0.15) is 24.3 Å². The first-order valence-electron chi connectivity index (χ1n) is 6.81. The highest BCUT2D eigenvalue weighted by Gasteiger charge is 2.24. The van der Waals surface area contributed by atoms with E-state index < -0.39 is 5.69 Å². The smallest absolute Gasteiger partial charge is 0.354 e. The minimum Gasteiger partial charge on any atom is -0.383 e. The Kier molecular flexibility index (Phi) is 2.50. The van der Waals surface area contributed by atoms with Gasteiger partial charge in [0.15, 0.2) is 0 Å². The fourth-order valence-electron chi connectivity index (χ4n) is 2.59. The fourth-order valence-corrected chi connectivity index (χ4v) is 2.59. The molecule has 2 heterocycles. The van der Waals surface area contributed by atoms with Crippen molar-refractivity contribution < 1.29 is 0 Å².